The molecule has 1 aromatic carbocycles. The molecule has 96 valence electrons. The molecule has 0 aliphatic heterocycles. The lowest BCUT2D eigenvalue weighted by atomic mass is 9.80. The van der Waals surface area contributed by atoms with E-state index in [0.29, 0.717) is 11.8 Å². The number of rotatable bonds is 3. The van der Waals surface area contributed by atoms with Crippen molar-refractivity contribution in [2.75, 3.05) is 5.32 Å². The van der Waals surface area contributed by atoms with E-state index in [4.69, 9.17) is 5.73 Å². The van der Waals surface area contributed by atoms with Gasteiger partial charge in [0.05, 0.1) is 0 Å². The van der Waals surface area contributed by atoms with Crippen LogP contribution in [0.15, 0.2) is 28.7 Å². The normalized spacial score (nSPS) is 33.6. The van der Waals surface area contributed by atoms with Crippen LogP contribution in [0.2, 0.25) is 0 Å². The fraction of sp³-hybridized carbons (Fsp3) is 0.500. The first kappa shape index (κ1) is 12.0. The van der Waals surface area contributed by atoms with Crippen LogP contribution in [-0.2, 0) is 4.79 Å². The molecule has 2 aliphatic rings. The van der Waals surface area contributed by atoms with Crippen molar-refractivity contribution in [1.29, 1.82) is 0 Å². The summed E-state index contributed by atoms with van der Waals surface area (Å²) in [5.41, 5.74) is 6.14. The van der Waals surface area contributed by atoms with Gasteiger partial charge in [-0.05, 0) is 49.3 Å². The Hall–Kier alpha value is -1.03. The molecule has 2 fully saturated rings. The fourth-order valence-corrected chi connectivity index (χ4v) is 3.74. The lowest BCUT2D eigenvalue weighted by Crippen LogP contribution is -2.54. The second-order valence-electron chi connectivity index (χ2n) is 5.47. The van der Waals surface area contributed by atoms with E-state index in [2.05, 4.69) is 21.2 Å². The van der Waals surface area contributed by atoms with E-state index in [1.165, 1.54) is 6.42 Å². The Bertz CT molecular complexity index is 490. The lowest BCUT2D eigenvalue weighted by molar-refractivity contribution is -0.123. The Morgan fingerprint density at radius 2 is 2.33 bits per heavy atom. The molecule has 1 amide bonds. The topological polar surface area (TPSA) is 55.1 Å². The molecule has 3 unspecified atom stereocenters. The summed E-state index contributed by atoms with van der Waals surface area (Å²) in [6.45, 7) is 0. The minimum Gasteiger partial charge on any atom is -0.371 e. The van der Waals surface area contributed by atoms with E-state index < -0.39 is 5.54 Å². The maximum absolute atomic E-state index is 12.0. The van der Waals surface area contributed by atoms with Gasteiger partial charge in [-0.1, -0.05) is 28.4 Å². The zero-order chi connectivity index (χ0) is 12.8. The Labute approximate surface area is 115 Å². The molecule has 2 aliphatic carbocycles. The summed E-state index contributed by atoms with van der Waals surface area (Å²) in [5, 5.41) is 3.42. The molecule has 0 heterocycles. The third-order valence-electron chi connectivity index (χ3n) is 4.33. The molecular formula is C14H17BrN2O. The monoisotopic (exact) mass is 308 g/mol. The molecule has 0 saturated heterocycles. The van der Waals surface area contributed by atoms with Crippen LogP contribution in [0.4, 0.5) is 5.69 Å². The molecule has 3 N–H and O–H groups in total. The molecule has 2 saturated carbocycles. The van der Waals surface area contributed by atoms with Gasteiger partial charge in [-0.2, -0.15) is 0 Å². The summed E-state index contributed by atoms with van der Waals surface area (Å²) in [6.07, 6.45) is 4.34. The number of nitrogens with two attached hydrogens (primary N) is 1. The lowest BCUT2D eigenvalue weighted by Gasteiger charge is -2.36. The summed E-state index contributed by atoms with van der Waals surface area (Å²) in [5.74, 6) is 0.934. The Kier molecular flexibility index (Phi) is 2.85. The van der Waals surface area contributed by atoms with Gasteiger partial charge < -0.3 is 11.1 Å². The predicted molar refractivity (Wildman–Crippen MR) is 75.1 cm³/mol. The quantitative estimate of drug-likeness (QED) is 0.902. The van der Waals surface area contributed by atoms with Crippen LogP contribution in [0, 0.1) is 11.8 Å². The number of fused-ring (bicyclic) bond motifs is 1. The average Bonchev–Trinajstić information content (AvgIpc) is 3.09. The smallest absolute Gasteiger partial charge is 0.243 e. The van der Waals surface area contributed by atoms with Gasteiger partial charge in [0.15, 0.2) is 0 Å². The first-order chi connectivity index (χ1) is 8.62. The SMILES string of the molecule is NC(=O)C1(Nc2cccc(Br)c2)CCCC2CC21. The van der Waals surface area contributed by atoms with Crippen LogP contribution in [0.25, 0.3) is 0 Å². The van der Waals surface area contributed by atoms with Crippen molar-refractivity contribution in [2.24, 2.45) is 17.6 Å². The number of carbonyl (C=O) groups excluding carboxylic acids is 1. The number of benzene rings is 1. The molecule has 4 heteroatoms. The van der Waals surface area contributed by atoms with Gasteiger partial charge in [-0.3, -0.25) is 4.79 Å². The van der Waals surface area contributed by atoms with Gasteiger partial charge >= 0.3 is 0 Å². The highest BCUT2D eigenvalue weighted by Gasteiger charge is 2.58. The molecule has 18 heavy (non-hydrogen) atoms. The zero-order valence-corrected chi connectivity index (χ0v) is 11.7. The summed E-state index contributed by atoms with van der Waals surface area (Å²) in [4.78, 5) is 12.0. The van der Waals surface area contributed by atoms with Crippen molar-refractivity contribution in [3.8, 4) is 0 Å². The molecule has 3 atom stereocenters. The predicted octanol–water partition coefficient (Wildman–Crippen LogP) is 2.91. The van der Waals surface area contributed by atoms with Crippen molar-refractivity contribution in [3.63, 3.8) is 0 Å². The number of hydrogen-bond donors (Lipinski definition) is 2. The van der Waals surface area contributed by atoms with Gasteiger partial charge in [0.1, 0.15) is 5.54 Å². The van der Waals surface area contributed by atoms with Crippen LogP contribution in [0.5, 0.6) is 0 Å². The molecule has 0 spiro atoms. The van der Waals surface area contributed by atoms with Crippen LogP contribution in [-0.4, -0.2) is 11.4 Å². The number of nitrogens with one attached hydrogen (secondary N) is 1. The molecule has 0 bridgehead atoms. The summed E-state index contributed by atoms with van der Waals surface area (Å²) < 4.78 is 1.01. The van der Waals surface area contributed by atoms with Crippen molar-refractivity contribution in [3.05, 3.63) is 28.7 Å². The van der Waals surface area contributed by atoms with Crippen molar-refractivity contribution in [2.45, 2.75) is 31.2 Å². The van der Waals surface area contributed by atoms with E-state index >= 15 is 0 Å². The van der Waals surface area contributed by atoms with Gasteiger partial charge in [0.25, 0.3) is 0 Å². The third kappa shape index (κ3) is 1.92. The molecule has 3 nitrogen and oxygen atoms in total. The standard InChI is InChI=1S/C14H17BrN2O/c15-10-4-1-5-11(8-10)17-14(13(16)18)6-2-3-9-7-12(9)14/h1,4-5,8-9,12,17H,2-3,6-7H2,(H2,16,18). The van der Waals surface area contributed by atoms with Gasteiger partial charge in [0.2, 0.25) is 5.91 Å². The average molecular weight is 309 g/mol. The van der Waals surface area contributed by atoms with Gasteiger partial charge in [-0.25, -0.2) is 0 Å². The number of anilines is 1. The Balaban J connectivity index is 1.89. The number of amides is 1. The maximum Gasteiger partial charge on any atom is 0.243 e. The molecular weight excluding hydrogens is 292 g/mol. The maximum atomic E-state index is 12.0. The number of halogens is 1. The summed E-state index contributed by atoms with van der Waals surface area (Å²) >= 11 is 3.45. The summed E-state index contributed by atoms with van der Waals surface area (Å²) in [6, 6.07) is 7.93. The van der Waals surface area contributed by atoms with Crippen molar-refractivity contribution < 1.29 is 4.79 Å². The number of carbonyl (C=O) groups is 1. The largest absolute Gasteiger partial charge is 0.371 e. The highest BCUT2D eigenvalue weighted by molar-refractivity contribution is 9.10. The van der Waals surface area contributed by atoms with E-state index in [9.17, 15) is 4.79 Å². The number of primary amides is 1. The highest BCUT2D eigenvalue weighted by atomic mass is 79.9. The second kappa shape index (κ2) is 4.26. The van der Waals surface area contributed by atoms with Crippen LogP contribution in [0.1, 0.15) is 25.7 Å². The van der Waals surface area contributed by atoms with Crippen LogP contribution < -0.4 is 11.1 Å². The summed E-state index contributed by atoms with van der Waals surface area (Å²) in [7, 11) is 0. The van der Waals surface area contributed by atoms with E-state index in [-0.39, 0.29) is 5.91 Å². The molecule has 0 radical (unpaired) electrons. The van der Waals surface area contributed by atoms with E-state index in [1.807, 2.05) is 24.3 Å². The highest BCUT2D eigenvalue weighted by Crippen LogP contribution is 2.55. The Morgan fingerprint density at radius 3 is 3.06 bits per heavy atom. The van der Waals surface area contributed by atoms with Crippen molar-refractivity contribution in [1.82, 2.24) is 0 Å². The van der Waals surface area contributed by atoms with Crippen molar-refractivity contribution >= 4 is 27.5 Å². The molecule has 3 rings (SSSR count). The first-order valence-electron chi connectivity index (χ1n) is 6.45. The minimum atomic E-state index is -0.524. The Morgan fingerprint density at radius 1 is 1.50 bits per heavy atom. The molecule has 1 aromatic rings. The second-order valence-corrected chi connectivity index (χ2v) is 6.38. The fourth-order valence-electron chi connectivity index (χ4n) is 3.35. The van der Waals surface area contributed by atoms with Gasteiger partial charge in [-0.15, -0.1) is 0 Å². The third-order valence-corrected chi connectivity index (χ3v) is 4.83. The molecule has 0 aromatic heterocycles. The van der Waals surface area contributed by atoms with E-state index in [1.54, 1.807) is 0 Å². The minimum absolute atomic E-state index is 0.199. The number of hydrogen-bond acceptors (Lipinski definition) is 2. The van der Waals surface area contributed by atoms with Crippen LogP contribution >= 0.6 is 15.9 Å². The van der Waals surface area contributed by atoms with Gasteiger partial charge in [0, 0.05) is 10.2 Å². The van der Waals surface area contributed by atoms with Crippen LogP contribution in [0.3, 0.4) is 0 Å². The first-order valence-corrected chi connectivity index (χ1v) is 7.25. The van der Waals surface area contributed by atoms with E-state index in [0.717, 1.165) is 29.4 Å². The zero-order valence-electron chi connectivity index (χ0n) is 10.2.